The molecule has 1 aliphatic heterocycles. The summed E-state index contributed by atoms with van der Waals surface area (Å²) in [6, 6.07) is 12.8. The van der Waals surface area contributed by atoms with Gasteiger partial charge in [-0.2, -0.15) is 0 Å². The molecule has 1 aromatic heterocycles. The molecule has 0 saturated heterocycles. The van der Waals surface area contributed by atoms with Crippen LogP contribution >= 0.6 is 11.6 Å². The molecule has 0 spiro atoms. The van der Waals surface area contributed by atoms with Crippen LogP contribution in [0, 0.1) is 0 Å². The van der Waals surface area contributed by atoms with Gasteiger partial charge in [0.1, 0.15) is 5.75 Å². The Balaban J connectivity index is 1.56. The zero-order chi connectivity index (χ0) is 17.4. The van der Waals surface area contributed by atoms with Gasteiger partial charge in [-0.05, 0) is 47.5 Å². The van der Waals surface area contributed by atoms with Crippen molar-refractivity contribution in [1.82, 2.24) is 3.97 Å². The minimum Gasteiger partial charge on any atom is -0.493 e. The number of rotatable bonds is 4. The van der Waals surface area contributed by atoms with Gasteiger partial charge in [-0.25, -0.2) is 12.4 Å². The molecule has 0 atom stereocenters. The third-order valence-corrected chi connectivity index (χ3v) is 6.01. The van der Waals surface area contributed by atoms with E-state index in [9.17, 15) is 8.42 Å². The lowest BCUT2D eigenvalue weighted by molar-refractivity contribution is 0.357. The standard InChI is InChI=1S/C19H16ClNO3S/c20-17-4-5-18-15(13-17)7-9-21(18)25(22,23)11-1-2-14-3-6-19-16(12-14)8-10-24-19/h1-7,9,12-13H,8,10-11H2. The number of aromatic nitrogens is 1. The molecule has 4 nitrogen and oxygen atoms in total. The van der Waals surface area contributed by atoms with Gasteiger partial charge < -0.3 is 4.74 Å². The Kier molecular flexibility index (Phi) is 4.06. The predicted molar refractivity (Wildman–Crippen MR) is 101 cm³/mol. The third kappa shape index (κ3) is 3.17. The average molecular weight is 374 g/mol. The smallest absolute Gasteiger partial charge is 0.242 e. The Morgan fingerprint density at radius 1 is 1.16 bits per heavy atom. The Morgan fingerprint density at radius 3 is 2.92 bits per heavy atom. The summed E-state index contributed by atoms with van der Waals surface area (Å²) in [7, 11) is -3.48. The fraction of sp³-hybridized carbons (Fsp3) is 0.158. The highest BCUT2D eigenvalue weighted by Crippen LogP contribution is 2.26. The summed E-state index contributed by atoms with van der Waals surface area (Å²) in [5.41, 5.74) is 2.77. The molecule has 128 valence electrons. The van der Waals surface area contributed by atoms with Crippen molar-refractivity contribution in [1.29, 1.82) is 0 Å². The van der Waals surface area contributed by atoms with Crippen LogP contribution in [0.2, 0.25) is 5.02 Å². The van der Waals surface area contributed by atoms with Crippen LogP contribution in [-0.2, 0) is 16.4 Å². The van der Waals surface area contributed by atoms with Gasteiger partial charge in [-0.1, -0.05) is 29.8 Å². The average Bonchev–Trinajstić information content (AvgIpc) is 3.20. The maximum atomic E-state index is 12.6. The highest BCUT2D eigenvalue weighted by atomic mass is 35.5. The normalized spacial score (nSPS) is 14.1. The van der Waals surface area contributed by atoms with Gasteiger partial charge in [0.25, 0.3) is 0 Å². The number of nitrogens with zero attached hydrogens (tertiary/aromatic N) is 1. The lowest BCUT2D eigenvalue weighted by atomic mass is 10.1. The van der Waals surface area contributed by atoms with E-state index in [1.807, 2.05) is 24.3 Å². The van der Waals surface area contributed by atoms with Crippen LogP contribution in [0.3, 0.4) is 0 Å². The van der Waals surface area contributed by atoms with E-state index in [4.69, 9.17) is 16.3 Å². The van der Waals surface area contributed by atoms with Gasteiger partial charge in [-0.3, -0.25) is 0 Å². The molecule has 1 aliphatic rings. The molecule has 3 aromatic rings. The Morgan fingerprint density at radius 2 is 2.04 bits per heavy atom. The minimum absolute atomic E-state index is 0.0764. The van der Waals surface area contributed by atoms with Crippen molar-refractivity contribution in [3.8, 4) is 5.75 Å². The van der Waals surface area contributed by atoms with Crippen molar-refractivity contribution in [3.05, 3.63) is 70.9 Å². The van der Waals surface area contributed by atoms with Gasteiger partial charge in [0, 0.05) is 23.0 Å². The summed E-state index contributed by atoms with van der Waals surface area (Å²) < 4.78 is 32.0. The highest BCUT2D eigenvalue weighted by Gasteiger charge is 2.15. The molecule has 2 heterocycles. The Labute approximate surface area is 151 Å². The van der Waals surface area contributed by atoms with Gasteiger partial charge in [-0.15, -0.1) is 0 Å². The maximum absolute atomic E-state index is 12.6. The summed E-state index contributed by atoms with van der Waals surface area (Å²) in [6.45, 7) is 0.710. The number of fused-ring (bicyclic) bond motifs is 2. The van der Waals surface area contributed by atoms with E-state index in [1.165, 1.54) is 9.54 Å². The van der Waals surface area contributed by atoms with Gasteiger partial charge in [0.05, 0.1) is 17.9 Å². The van der Waals surface area contributed by atoms with E-state index >= 15 is 0 Å². The number of ether oxygens (including phenoxy) is 1. The topological polar surface area (TPSA) is 48.3 Å². The van der Waals surface area contributed by atoms with E-state index in [2.05, 4.69) is 0 Å². The number of halogens is 1. The summed E-state index contributed by atoms with van der Waals surface area (Å²) in [4.78, 5) is 0. The number of hydrogen-bond acceptors (Lipinski definition) is 3. The molecule has 0 amide bonds. The van der Waals surface area contributed by atoms with Gasteiger partial charge in [0.2, 0.25) is 10.0 Å². The number of benzene rings is 2. The van der Waals surface area contributed by atoms with Crippen LogP contribution in [0.4, 0.5) is 0 Å². The lowest BCUT2D eigenvalue weighted by Gasteiger charge is -2.05. The first-order chi connectivity index (χ1) is 12.0. The quantitative estimate of drug-likeness (QED) is 0.691. The molecule has 4 rings (SSSR count). The molecule has 6 heteroatoms. The fourth-order valence-electron chi connectivity index (χ4n) is 3.03. The van der Waals surface area contributed by atoms with Crippen LogP contribution in [-0.4, -0.2) is 24.7 Å². The molecule has 0 fully saturated rings. The molecular formula is C19H16ClNO3S. The lowest BCUT2D eigenvalue weighted by Crippen LogP contribution is -2.14. The highest BCUT2D eigenvalue weighted by molar-refractivity contribution is 7.90. The molecule has 0 unspecified atom stereocenters. The first-order valence-corrected chi connectivity index (χ1v) is 9.94. The zero-order valence-corrected chi connectivity index (χ0v) is 14.9. The van der Waals surface area contributed by atoms with Crippen LogP contribution in [0.25, 0.3) is 17.0 Å². The van der Waals surface area contributed by atoms with Crippen molar-refractivity contribution in [2.75, 3.05) is 12.4 Å². The summed E-state index contributed by atoms with van der Waals surface area (Å²) >= 11 is 5.96. The first kappa shape index (κ1) is 16.2. The Hall–Kier alpha value is -2.24. The zero-order valence-electron chi connectivity index (χ0n) is 13.4. The fourth-order valence-corrected chi connectivity index (χ4v) is 4.42. The largest absolute Gasteiger partial charge is 0.493 e. The first-order valence-electron chi connectivity index (χ1n) is 7.95. The monoisotopic (exact) mass is 373 g/mol. The van der Waals surface area contributed by atoms with Crippen LogP contribution in [0.1, 0.15) is 11.1 Å². The van der Waals surface area contributed by atoms with E-state index in [1.54, 1.807) is 36.5 Å². The van der Waals surface area contributed by atoms with E-state index in [-0.39, 0.29) is 5.75 Å². The summed E-state index contributed by atoms with van der Waals surface area (Å²) in [5, 5.41) is 1.39. The molecule has 25 heavy (non-hydrogen) atoms. The van der Waals surface area contributed by atoms with Crippen LogP contribution in [0.15, 0.2) is 54.7 Å². The summed E-state index contributed by atoms with van der Waals surface area (Å²) in [5.74, 6) is 0.842. The molecule has 0 saturated carbocycles. The second-order valence-corrected chi connectivity index (χ2v) is 8.29. The SMILES string of the molecule is O=S(=O)(CC=Cc1ccc2c(c1)CCO2)n1ccc2cc(Cl)ccc21. The summed E-state index contributed by atoms with van der Waals surface area (Å²) in [6.07, 6.45) is 5.97. The van der Waals surface area contributed by atoms with E-state index < -0.39 is 10.0 Å². The van der Waals surface area contributed by atoms with Crippen molar-refractivity contribution in [3.63, 3.8) is 0 Å². The maximum Gasteiger partial charge on any atom is 0.242 e. The molecule has 0 aliphatic carbocycles. The van der Waals surface area contributed by atoms with Crippen molar-refractivity contribution < 1.29 is 13.2 Å². The van der Waals surface area contributed by atoms with Gasteiger partial charge >= 0.3 is 0 Å². The minimum atomic E-state index is -3.48. The predicted octanol–water partition coefficient (Wildman–Crippen LogP) is 4.12. The second-order valence-electron chi connectivity index (χ2n) is 5.96. The molecule has 0 bridgehead atoms. The molecule has 0 radical (unpaired) electrons. The second kappa shape index (κ2) is 6.24. The van der Waals surface area contributed by atoms with Crippen molar-refractivity contribution >= 4 is 38.6 Å². The van der Waals surface area contributed by atoms with Crippen molar-refractivity contribution in [2.24, 2.45) is 0 Å². The Bertz CT molecular complexity index is 1080. The van der Waals surface area contributed by atoms with E-state index in [0.717, 1.165) is 23.1 Å². The van der Waals surface area contributed by atoms with E-state index in [0.29, 0.717) is 17.1 Å². The van der Waals surface area contributed by atoms with Crippen LogP contribution in [0.5, 0.6) is 5.75 Å². The number of hydrogen-bond donors (Lipinski definition) is 0. The third-order valence-electron chi connectivity index (χ3n) is 4.25. The van der Waals surface area contributed by atoms with Crippen LogP contribution < -0.4 is 4.74 Å². The van der Waals surface area contributed by atoms with Gasteiger partial charge in [0.15, 0.2) is 0 Å². The molecular weight excluding hydrogens is 358 g/mol. The molecule has 0 N–H and O–H groups in total. The van der Waals surface area contributed by atoms with Crippen molar-refractivity contribution in [2.45, 2.75) is 6.42 Å². The molecule has 2 aromatic carbocycles.